The van der Waals surface area contributed by atoms with Crippen LogP contribution in [0.2, 0.25) is 10.0 Å². The second-order valence-corrected chi connectivity index (χ2v) is 7.88. The number of ether oxygens (including phenoxy) is 1. The van der Waals surface area contributed by atoms with Gasteiger partial charge in [0, 0.05) is 11.6 Å². The van der Waals surface area contributed by atoms with Crippen LogP contribution in [0.4, 0.5) is 0 Å². The quantitative estimate of drug-likeness (QED) is 0.687. The van der Waals surface area contributed by atoms with E-state index in [-0.39, 0.29) is 31.0 Å². The summed E-state index contributed by atoms with van der Waals surface area (Å²) in [6, 6.07) is 12.8. The van der Waals surface area contributed by atoms with Gasteiger partial charge in [-0.25, -0.2) is 0 Å². The summed E-state index contributed by atoms with van der Waals surface area (Å²) in [7, 11) is 0. The van der Waals surface area contributed by atoms with Gasteiger partial charge in [0.25, 0.3) is 5.91 Å². The molecule has 2 aromatic carbocycles. The Bertz CT molecular complexity index is 742. The van der Waals surface area contributed by atoms with Crippen LogP contribution < -0.4 is 10.1 Å². The molecular formula is C20H25Cl2NO2S. The van der Waals surface area contributed by atoms with E-state index in [0.717, 1.165) is 17.7 Å². The number of benzene rings is 2. The zero-order valence-electron chi connectivity index (χ0n) is 15.4. The van der Waals surface area contributed by atoms with Crippen molar-refractivity contribution in [3.05, 3.63) is 63.6 Å². The van der Waals surface area contributed by atoms with Gasteiger partial charge in [-0.1, -0.05) is 35.3 Å². The molecule has 1 N–H and O–H groups in total. The van der Waals surface area contributed by atoms with Gasteiger partial charge in [-0.05, 0) is 70.0 Å². The lowest BCUT2D eigenvalue weighted by Crippen LogP contribution is -2.34. The molecule has 0 aliphatic rings. The smallest absolute Gasteiger partial charge is 0.251 e. The lowest BCUT2D eigenvalue weighted by Gasteiger charge is -2.21. The molecule has 0 aliphatic carbocycles. The molecule has 0 saturated carbocycles. The molecule has 142 valence electrons. The van der Waals surface area contributed by atoms with E-state index in [1.54, 1.807) is 18.2 Å². The largest absolute Gasteiger partial charge is 0.488 e. The zero-order chi connectivity index (χ0) is 18.6. The molecule has 6 heteroatoms. The molecule has 0 heterocycles. The van der Waals surface area contributed by atoms with Crippen LogP contribution in [0.1, 0.15) is 43.6 Å². The van der Waals surface area contributed by atoms with Crippen LogP contribution in [-0.4, -0.2) is 17.6 Å². The first-order valence-corrected chi connectivity index (χ1v) is 8.93. The summed E-state index contributed by atoms with van der Waals surface area (Å²) in [5.41, 5.74) is 1.40. The summed E-state index contributed by atoms with van der Waals surface area (Å²) in [6.45, 7) is 8.01. The van der Waals surface area contributed by atoms with Gasteiger partial charge in [0.15, 0.2) is 0 Å². The Morgan fingerprint density at radius 3 is 2.23 bits per heavy atom. The van der Waals surface area contributed by atoms with Crippen LogP contribution in [-0.2, 0) is 6.42 Å². The van der Waals surface area contributed by atoms with Crippen molar-refractivity contribution in [3.8, 4) is 5.75 Å². The fourth-order valence-corrected chi connectivity index (χ4v) is 2.69. The number of carbonyl (C=O) groups excluding carboxylic acids is 1. The van der Waals surface area contributed by atoms with Crippen molar-refractivity contribution >= 4 is 42.6 Å². The second-order valence-electron chi connectivity index (χ2n) is 7.07. The van der Waals surface area contributed by atoms with Crippen LogP contribution in [0.5, 0.6) is 5.75 Å². The fourth-order valence-electron chi connectivity index (χ4n) is 2.40. The van der Waals surface area contributed by atoms with Crippen molar-refractivity contribution in [2.75, 3.05) is 0 Å². The average molecular weight is 414 g/mol. The molecule has 1 atom stereocenters. The monoisotopic (exact) mass is 413 g/mol. The van der Waals surface area contributed by atoms with E-state index in [9.17, 15) is 4.79 Å². The third kappa shape index (κ3) is 7.10. The van der Waals surface area contributed by atoms with Crippen LogP contribution in [0.15, 0.2) is 42.5 Å². The molecule has 2 rings (SSSR count). The first kappa shape index (κ1) is 22.7. The molecule has 0 aliphatic heterocycles. The molecule has 0 unspecified atom stereocenters. The van der Waals surface area contributed by atoms with E-state index in [2.05, 4.69) is 5.32 Å². The molecular weight excluding hydrogens is 389 g/mol. The van der Waals surface area contributed by atoms with E-state index in [1.165, 1.54) is 0 Å². The van der Waals surface area contributed by atoms with Crippen LogP contribution in [0, 0.1) is 0 Å². The maximum atomic E-state index is 12.3. The third-order valence-corrected chi connectivity index (χ3v) is 4.19. The maximum Gasteiger partial charge on any atom is 0.251 e. The molecule has 26 heavy (non-hydrogen) atoms. The van der Waals surface area contributed by atoms with Gasteiger partial charge in [-0.15, -0.1) is 0 Å². The second kappa shape index (κ2) is 9.54. The fraction of sp³-hybridized carbons (Fsp3) is 0.350. The Balaban J connectivity index is 0.00000338. The maximum absolute atomic E-state index is 12.3. The van der Waals surface area contributed by atoms with Gasteiger partial charge in [-0.2, -0.15) is 13.5 Å². The summed E-state index contributed by atoms with van der Waals surface area (Å²) < 4.78 is 5.81. The summed E-state index contributed by atoms with van der Waals surface area (Å²) in [5.74, 6) is 0.669. The summed E-state index contributed by atoms with van der Waals surface area (Å²) >= 11 is 11.8. The topological polar surface area (TPSA) is 38.3 Å². The van der Waals surface area contributed by atoms with E-state index in [4.69, 9.17) is 27.9 Å². The number of hydrogen-bond donors (Lipinski definition) is 1. The lowest BCUT2D eigenvalue weighted by atomic mass is 10.1. The number of amides is 1. The predicted octanol–water partition coefficient (Wildman–Crippen LogP) is 5.64. The molecule has 0 bridgehead atoms. The molecule has 0 radical (unpaired) electrons. The average Bonchev–Trinajstić information content (AvgIpc) is 2.50. The molecule has 0 aromatic heterocycles. The molecule has 0 saturated heterocycles. The van der Waals surface area contributed by atoms with Crippen molar-refractivity contribution < 1.29 is 9.53 Å². The summed E-state index contributed by atoms with van der Waals surface area (Å²) in [6.07, 6.45) is 0.725. The minimum absolute atomic E-state index is 0. The van der Waals surface area contributed by atoms with Gasteiger partial charge in [-0.3, -0.25) is 4.79 Å². The van der Waals surface area contributed by atoms with Crippen molar-refractivity contribution in [2.45, 2.75) is 45.8 Å². The first-order valence-electron chi connectivity index (χ1n) is 8.18. The normalized spacial score (nSPS) is 12.1. The molecule has 2 aromatic rings. The first-order chi connectivity index (χ1) is 11.6. The van der Waals surface area contributed by atoms with E-state index in [0.29, 0.717) is 15.6 Å². The van der Waals surface area contributed by atoms with Crippen molar-refractivity contribution in [1.82, 2.24) is 5.32 Å². The Morgan fingerprint density at radius 1 is 1.08 bits per heavy atom. The van der Waals surface area contributed by atoms with Gasteiger partial charge in [0.1, 0.15) is 11.4 Å². The number of hydrogen-bond acceptors (Lipinski definition) is 2. The van der Waals surface area contributed by atoms with Gasteiger partial charge in [0.05, 0.1) is 10.0 Å². The van der Waals surface area contributed by atoms with Crippen molar-refractivity contribution in [2.24, 2.45) is 0 Å². The number of nitrogens with one attached hydrogen (secondary N) is 1. The van der Waals surface area contributed by atoms with Crippen LogP contribution in [0.3, 0.4) is 0 Å². The summed E-state index contributed by atoms with van der Waals surface area (Å²) in [4.78, 5) is 12.3. The van der Waals surface area contributed by atoms with Gasteiger partial charge in [0.2, 0.25) is 0 Å². The lowest BCUT2D eigenvalue weighted by molar-refractivity contribution is 0.0940. The molecule has 3 nitrogen and oxygen atoms in total. The Kier molecular flexibility index (Phi) is 8.32. The third-order valence-electron chi connectivity index (χ3n) is 3.45. The zero-order valence-corrected chi connectivity index (χ0v) is 17.9. The Morgan fingerprint density at radius 2 is 1.69 bits per heavy atom. The van der Waals surface area contributed by atoms with E-state index < -0.39 is 0 Å². The number of halogens is 2. The minimum atomic E-state index is -0.220. The van der Waals surface area contributed by atoms with Gasteiger partial charge >= 0.3 is 0 Å². The molecule has 1 amide bonds. The van der Waals surface area contributed by atoms with Crippen LogP contribution in [0.25, 0.3) is 0 Å². The Labute approximate surface area is 172 Å². The highest BCUT2D eigenvalue weighted by atomic mass is 35.5. The highest BCUT2D eigenvalue weighted by Crippen LogP contribution is 2.23. The number of rotatable bonds is 5. The SMILES string of the molecule is C[C@@H](Cc1ccc(OC(C)(C)C)cc1)NC(=O)c1ccc(Cl)c(Cl)c1.S. The van der Waals surface area contributed by atoms with Crippen molar-refractivity contribution in [3.63, 3.8) is 0 Å². The standard InChI is InChI=1S/C20H23Cl2NO2.H2S/c1-13(23-19(24)15-7-10-17(21)18(22)12-15)11-14-5-8-16(9-6-14)25-20(2,3)4;/h5-10,12-13H,11H2,1-4H3,(H,23,24);1H2/t13-;/m0./s1. The van der Waals surface area contributed by atoms with Crippen LogP contribution >= 0.6 is 36.7 Å². The van der Waals surface area contributed by atoms with E-state index >= 15 is 0 Å². The van der Waals surface area contributed by atoms with E-state index in [1.807, 2.05) is 52.0 Å². The van der Waals surface area contributed by atoms with Crippen molar-refractivity contribution in [1.29, 1.82) is 0 Å². The Hall–Kier alpha value is -1.36. The van der Waals surface area contributed by atoms with Gasteiger partial charge < -0.3 is 10.1 Å². The molecule has 0 spiro atoms. The molecule has 0 fully saturated rings. The highest BCUT2D eigenvalue weighted by Gasteiger charge is 2.13. The minimum Gasteiger partial charge on any atom is -0.488 e. The number of carbonyl (C=O) groups is 1. The predicted molar refractivity (Wildman–Crippen MR) is 114 cm³/mol. The summed E-state index contributed by atoms with van der Waals surface area (Å²) in [5, 5.41) is 3.78. The highest BCUT2D eigenvalue weighted by molar-refractivity contribution is 7.59.